The van der Waals surface area contributed by atoms with Gasteiger partial charge in [-0.1, -0.05) is 29.8 Å². The molecule has 0 aliphatic heterocycles. The Kier molecular flexibility index (Phi) is 4.00. The van der Waals surface area contributed by atoms with Crippen LogP contribution in [0, 0.1) is 13.8 Å². The molecule has 0 radical (unpaired) electrons. The van der Waals surface area contributed by atoms with E-state index in [9.17, 15) is 0 Å². The Morgan fingerprint density at radius 3 is 2.56 bits per heavy atom. The van der Waals surface area contributed by atoms with Gasteiger partial charge in [-0.2, -0.15) is 0 Å². The minimum Gasteiger partial charge on any atom is -0.309 e. The molecule has 2 rings (SSSR count). The Morgan fingerprint density at radius 2 is 1.89 bits per heavy atom. The van der Waals surface area contributed by atoms with Crippen LogP contribution < -0.4 is 5.32 Å². The number of nitrogens with one attached hydrogen (secondary N) is 1. The van der Waals surface area contributed by atoms with Crippen molar-refractivity contribution in [2.24, 2.45) is 0 Å². The van der Waals surface area contributed by atoms with E-state index in [0.717, 1.165) is 21.7 Å². The van der Waals surface area contributed by atoms with Crippen molar-refractivity contribution in [2.75, 3.05) is 7.05 Å². The Bertz CT molecular complexity index is 552. The van der Waals surface area contributed by atoms with Crippen molar-refractivity contribution < 1.29 is 0 Å². The lowest BCUT2D eigenvalue weighted by molar-refractivity contribution is 0.684. The molecule has 1 aromatic heterocycles. The summed E-state index contributed by atoms with van der Waals surface area (Å²) in [6.45, 7) is 4.11. The van der Waals surface area contributed by atoms with Crippen LogP contribution >= 0.6 is 11.6 Å². The zero-order valence-electron chi connectivity index (χ0n) is 10.9. The number of hydrogen-bond donors (Lipinski definition) is 1. The average molecular weight is 261 g/mol. The fraction of sp³-hybridized carbons (Fsp3) is 0.267. The summed E-state index contributed by atoms with van der Waals surface area (Å²) in [6, 6.07) is 8.21. The third kappa shape index (κ3) is 2.40. The second kappa shape index (κ2) is 5.51. The number of rotatable bonds is 3. The third-order valence-corrected chi connectivity index (χ3v) is 3.73. The van der Waals surface area contributed by atoms with Gasteiger partial charge in [-0.15, -0.1) is 0 Å². The second-order valence-electron chi connectivity index (χ2n) is 4.43. The van der Waals surface area contributed by atoms with Gasteiger partial charge in [0.1, 0.15) is 0 Å². The maximum absolute atomic E-state index is 6.41. The molecule has 0 bridgehead atoms. The van der Waals surface area contributed by atoms with Crippen LogP contribution in [-0.2, 0) is 0 Å². The summed E-state index contributed by atoms with van der Waals surface area (Å²) in [7, 11) is 1.94. The van der Waals surface area contributed by atoms with Crippen LogP contribution in [0.5, 0.6) is 0 Å². The van der Waals surface area contributed by atoms with Gasteiger partial charge in [-0.3, -0.25) is 4.98 Å². The van der Waals surface area contributed by atoms with Gasteiger partial charge in [-0.05, 0) is 49.2 Å². The summed E-state index contributed by atoms with van der Waals surface area (Å²) < 4.78 is 0. The predicted octanol–water partition coefficient (Wildman–Crippen LogP) is 3.66. The standard InChI is InChI=1S/C15H17ClN2/c1-10-7-8-18-9-13(10)15(17-3)12-6-4-5-11(2)14(12)16/h4-9,15,17H,1-3H3. The molecule has 0 aliphatic carbocycles. The summed E-state index contributed by atoms with van der Waals surface area (Å²) in [4.78, 5) is 4.21. The number of hydrogen-bond acceptors (Lipinski definition) is 2. The van der Waals surface area contributed by atoms with Crippen molar-refractivity contribution in [1.82, 2.24) is 10.3 Å². The van der Waals surface area contributed by atoms with Gasteiger partial charge >= 0.3 is 0 Å². The van der Waals surface area contributed by atoms with E-state index >= 15 is 0 Å². The molecule has 0 fully saturated rings. The van der Waals surface area contributed by atoms with Crippen LogP contribution in [0.4, 0.5) is 0 Å². The first-order valence-corrected chi connectivity index (χ1v) is 6.35. The largest absolute Gasteiger partial charge is 0.309 e. The first-order valence-electron chi connectivity index (χ1n) is 5.98. The van der Waals surface area contributed by atoms with Crippen molar-refractivity contribution in [2.45, 2.75) is 19.9 Å². The summed E-state index contributed by atoms with van der Waals surface area (Å²) in [5, 5.41) is 4.14. The van der Waals surface area contributed by atoms with E-state index in [-0.39, 0.29) is 6.04 Å². The number of pyridine rings is 1. The van der Waals surface area contributed by atoms with Crippen molar-refractivity contribution in [3.05, 3.63) is 63.9 Å². The molecule has 3 heteroatoms. The number of aromatic nitrogens is 1. The summed E-state index contributed by atoms with van der Waals surface area (Å²) in [6.07, 6.45) is 3.71. The van der Waals surface area contributed by atoms with E-state index in [1.807, 2.05) is 44.6 Å². The monoisotopic (exact) mass is 260 g/mol. The van der Waals surface area contributed by atoms with Gasteiger partial charge in [0.25, 0.3) is 0 Å². The first kappa shape index (κ1) is 13.1. The smallest absolute Gasteiger partial charge is 0.0607 e. The topological polar surface area (TPSA) is 24.9 Å². The lowest BCUT2D eigenvalue weighted by Crippen LogP contribution is -2.19. The molecule has 94 valence electrons. The quantitative estimate of drug-likeness (QED) is 0.911. The van der Waals surface area contributed by atoms with Crippen molar-refractivity contribution in [3.63, 3.8) is 0 Å². The second-order valence-corrected chi connectivity index (χ2v) is 4.81. The minimum atomic E-state index is 0.0751. The molecular formula is C15H17ClN2. The Balaban J connectivity index is 2.53. The average Bonchev–Trinajstić information content (AvgIpc) is 2.37. The van der Waals surface area contributed by atoms with Gasteiger partial charge in [0, 0.05) is 17.4 Å². The zero-order chi connectivity index (χ0) is 13.1. The van der Waals surface area contributed by atoms with E-state index in [2.05, 4.69) is 23.3 Å². The highest BCUT2D eigenvalue weighted by molar-refractivity contribution is 6.32. The number of aryl methyl sites for hydroxylation is 2. The van der Waals surface area contributed by atoms with Crippen molar-refractivity contribution in [3.8, 4) is 0 Å². The predicted molar refractivity (Wildman–Crippen MR) is 76.1 cm³/mol. The van der Waals surface area contributed by atoms with Gasteiger partial charge in [-0.25, -0.2) is 0 Å². The van der Waals surface area contributed by atoms with Gasteiger partial charge in [0.15, 0.2) is 0 Å². The molecule has 0 saturated heterocycles. The van der Waals surface area contributed by atoms with Crippen LogP contribution in [0.25, 0.3) is 0 Å². The Morgan fingerprint density at radius 1 is 1.11 bits per heavy atom. The highest BCUT2D eigenvalue weighted by Gasteiger charge is 2.17. The van der Waals surface area contributed by atoms with Crippen molar-refractivity contribution in [1.29, 1.82) is 0 Å². The summed E-state index contributed by atoms with van der Waals surface area (Å²) >= 11 is 6.41. The molecule has 2 nitrogen and oxygen atoms in total. The molecule has 2 aromatic rings. The highest BCUT2D eigenvalue weighted by atomic mass is 35.5. The minimum absolute atomic E-state index is 0.0751. The normalized spacial score (nSPS) is 12.4. The van der Waals surface area contributed by atoms with Crippen molar-refractivity contribution >= 4 is 11.6 Å². The van der Waals surface area contributed by atoms with Crippen LogP contribution in [-0.4, -0.2) is 12.0 Å². The molecule has 18 heavy (non-hydrogen) atoms. The summed E-state index contributed by atoms with van der Waals surface area (Å²) in [5.74, 6) is 0. The van der Waals surface area contributed by atoms with Gasteiger partial charge < -0.3 is 5.32 Å². The molecule has 1 heterocycles. The third-order valence-electron chi connectivity index (χ3n) is 3.21. The highest BCUT2D eigenvalue weighted by Crippen LogP contribution is 2.31. The van der Waals surface area contributed by atoms with Crippen LogP contribution in [0.3, 0.4) is 0 Å². The lowest BCUT2D eigenvalue weighted by Gasteiger charge is -2.20. The molecule has 1 aromatic carbocycles. The first-order chi connectivity index (χ1) is 8.65. The fourth-order valence-corrected chi connectivity index (χ4v) is 2.39. The maximum Gasteiger partial charge on any atom is 0.0607 e. The van der Waals surface area contributed by atoms with Gasteiger partial charge in [0.05, 0.1) is 6.04 Å². The van der Waals surface area contributed by atoms with Crippen LogP contribution in [0.15, 0.2) is 36.7 Å². The lowest BCUT2D eigenvalue weighted by atomic mass is 9.95. The molecule has 1 unspecified atom stereocenters. The SMILES string of the molecule is CNC(c1cnccc1C)c1cccc(C)c1Cl. The molecule has 0 spiro atoms. The van der Waals surface area contributed by atoms with E-state index in [1.54, 1.807) is 0 Å². The fourth-order valence-electron chi connectivity index (χ4n) is 2.15. The Labute approximate surface area is 113 Å². The van der Waals surface area contributed by atoms with E-state index in [0.29, 0.717) is 0 Å². The zero-order valence-corrected chi connectivity index (χ0v) is 11.6. The van der Waals surface area contributed by atoms with E-state index < -0.39 is 0 Å². The number of halogens is 1. The van der Waals surface area contributed by atoms with Crippen LogP contribution in [0.1, 0.15) is 28.3 Å². The molecule has 0 amide bonds. The van der Waals surface area contributed by atoms with E-state index in [4.69, 9.17) is 11.6 Å². The maximum atomic E-state index is 6.41. The van der Waals surface area contributed by atoms with Gasteiger partial charge in [0.2, 0.25) is 0 Å². The van der Waals surface area contributed by atoms with Crippen LogP contribution in [0.2, 0.25) is 5.02 Å². The number of nitrogens with zero attached hydrogens (tertiary/aromatic N) is 1. The Hall–Kier alpha value is -1.38. The molecular weight excluding hydrogens is 244 g/mol. The molecule has 0 saturated carbocycles. The summed E-state index contributed by atoms with van der Waals surface area (Å²) in [5.41, 5.74) is 4.56. The number of benzene rings is 1. The molecule has 0 aliphatic rings. The molecule has 1 atom stereocenters. The molecule has 1 N–H and O–H groups in total. The van der Waals surface area contributed by atoms with E-state index in [1.165, 1.54) is 5.56 Å².